The number of hydrogen-bond acceptors (Lipinski definition) is 6. The summed E-state index contributed by atoms with van der Waals surface area (Å²) in [6, 6.07) is 16.4. The zero-order valence-electron chi connectivity index (χ0n) is 16.0. The van der Waals surface area contributed by atoms with Crippen LogP contribution in [0.15, 0.2) is 53.7 Å². The molecule has 8 heteroatoms. The van der Waals surface area contributed by atoms with E-state index in [4.69, 9.17) is 0 Å². The Hall–Kier alpha value is -2.32. The van der Waals surface area contributed by atoms with E-state index in [2.05, 4.69) is 46.0 Å². The normalized spacial score (nSPS) is 10.8. The first kappa shape index (κ1) is 20.4. The maximum Gasteiger partial charge on any atom is 0.230 e. The van der Waals surface area contributed by atoms with Gasteiger partial charge < -0.3 is 5.32 Å². The highest BCUT2D eigenvalue weighted by Crippen LogP contribution is 2.21. The summed E-state index contributed by atoms with van der Waals surface area (Å²) in [6.07, 6.45) is 0. The molecule has 0 radical (unpaired) electrons. The number of carbonyl (C=O) groups excluding carboxylic acids is 1. The van der Waals surface area contributed by atoms with E-state index in [1.54, 1.807) is 4.68 Å². The number of thioether (sulfide) groups is 2. The number of benzene rings is 2. The lowest BCUT2D eigenvalue weighted by Gasteiger charge is -2.08. The average molecular weight is 414 g/mol. The number of nitrogens with one attached hydrogen (secondary N) is 1. The highest BCUT2D eigenvalue weighted by Gasteiger charge is 2.13. The van der Waals surface area contributed by atoms with Gasteiger partial charge in [0.25, 0.3) is 0 Å². The van der Waals surface area contributed by atoms with Crippen molar-refractivity contribution in [2.24, 2.45) is 0 Å². The van der Waals surface area contributed by atoms with Gasteiger partial charge in [0.15, 0.2) is 0 Å². The summed E-state index contributed by atoms with van der Waals surface area (Å²) in [5, 5.41) is 15.4. The van der Waals surface area contributed by atoms with Gasteiger partial charge in [-0.2, -0.15) is 16.4 Å². The van der Waals surface area contributed by atoms with Crippen molar-refractivity contribution in [2.75, 3.05) is 18.1 Å². The van der Waals surface area contributed by atoms with Crippen LogP contribution in [0.2, 0.25) is 0 Å². The third-order valence-electron chi connectivity index (χ3n) is 4.03. The van der Waals surface area contributed by atoms with E-state index < -0.39 is 0 Å². The van der Waals surface area contributed by atoms with Crippen LogP contribution >= 0.6 is 23.5 Å². The molecule has 0 saturated heterocycles. The van der Waals surface area contributed by atoms with Gasteiger partial charge in [-0.25, -0.2) is 0 Å². The Labute approximate surface area is 173 Å². The first-order valence-electron chi connectivity index (χ1n) is 9.00. The van der Waals surface area contributed by atoms with Crippen LogP contribution in [-0.4, -0.2) is 44.2 Å². The molecule has 1 aromatic heterocycles. The van der Waals surface area contributed by atoms with Crippen LogP contribution in [0, 0.1) is 13.8 Å². The predicted octanol–water partition coefficient (Wildman–Crippen LogP) is 3.42. The molecule has 1 amide bonds. The topological polar surface area (TPSA) is 72.7 Å². The highest BCUT2D eigenvalue weighted by molar-refractivity contribution is 7.99. The van der Waals surface area contributed by atoms with Crippen LogP contribution < -0.4 is 5.32 Å². The van der Waals surface area contributed by atoms with E-state index in [9.17, 15) is 4.79 Å². The second kappa shape index (κ2) is 10.3. The summed E-state index contributed by atoms with van der Waals surface area (Å²) < 4.78 is 1.68. The molecule has 28 heavy (non-hydrogen) atoms. The first-order valence-corrected chi connectivity index (χ1v) is 11.1. The molecule has 3 rings (SSSR count). The molecule has 3 aromatic rings. The van der Waals surface area contributed by atoms with Gasteiger partial charge in [0, 0.05) is 18.1 Å². The Morgan fingerprint density at radius 1 is 1.14 bits per heavy atom. The van der Waals surface area contributed by atoms with Gasteiger partial charge in [-0.1, -0.05) is 59.8 Å². The number of carbonyl (C=O) groups is 1. The molecule has 0 spiro atoms. The van der Waals surface area contributed by atoms with Crippen LogP contribution in [0.1, 0.15) is 16.7 Å². The lowest BCUT2D eigenvalue weighted by molar-refractivity contribution is -0.118. The summed E-state index contributed by atoms with van der Waals surface area (Å²) >= 11 is 3.15. The Morgan fingerprint density at radius 3 is 2.75 bits per heavy atom. The number of aromatic nitrogens is 4. The third kappa shape index (κ3) is 5.84. The largest absolute Gasteiger partial charge is 0.355 e. The SMILES string of the molecule is Cc1ccc(-n2nnnc2SCC(=O)NCCSCc2ccccc2)c(C)c1. The van der Waals surface area contributed by atoms with E-state index in [0.717, 1.165) is 22.8 Å². The maximum absolute atomic E-state index is 12.1. The highest BCUT2D eigenvalue weighted by atomic mass is 32.2. The summed E-state index contributed by atoms with van der Waals surface area (Å²) in [5.74, 6) is 2.11. The zero-order chi connectivity index (χ0) is 19.8. The molecular weight excluding hydrogens is 390 g/mol. The summed E-state index contributed by atoms with van der Waals surface area (Å²) in [4.78, 5) is 12.1. The first-order chi connectivity index (χ1) is 13.6. The van der Waals surface area contributed by atoms with Crippen molar-refractivity contribution < 1.29 is 4.79 Å². The number of aryl methyl sites for hydroxylation is 2. The molecule has 0 aliphatic carbocycles. The fourth-order valence-corrected chi connectivity index (χ4v) is 4.20. The Bertz CT molecular complexity index is 914. The molecule has 1 N–H and O–H groups in total. The van der Waals surface area contributed by atoms with Gasteiger partial charge in [-0.05, 0) is 41.5 Å². The lowest BCUT2D eigenvalue weighted by atomic mass is 10.1. The fraction of sp³-hybridized carbons (Fsp3) is 0.300. The molecule has 0 saturated carbocycles. The molecule has 0 aliphatic rings. The van der Waals surface area contributed by atoms with Crippen LogP contribution in [0.4, 0.5) is 0 Å². The minimum absolute atomic E-state index is 0.0134. The number of nitrogens with zero attached hydrogens (tertiary/aromatic N) is 4. The third-order valence-corrected chi connectivity index (χ3v) is 5.98. The van der Waals surface area contributed by atoms with Crippen LogP contribution in [0.25, 0.3) is 5.69 Å². The van der Waals surface area contributed by atoms with Gasteiger partial charge in [0.05, 0.1) is 11.4 Å². The van der Waals surface area contributed by atoms with Crippen molar-refractivity contribution in [3.63, 3.8) is 0 Å². The standard InChI is InChI=1S/C20H23N5OS2/c1-15-8-9-18(16(2)12-15)25-20(22-23-24-25)28-14-19(26)21-10-11-27-13-17-6-4-3-5-7-17/h3-9,12H,10-11,13-14H2,1-2H3,(H,21,26). The molecule has 1 heterocycles. The van der Waals surface area contributed by atoms with Crippen LogP contribution in [-0.2, 0) is 10.5 Å². The van der Waals surface area contributed by atoms with Gasteiger partial charge in [0.1, 0.15) is 0 Å². The lowest BCUT2D eigenvalue weighted by Crippen LogP contribution is -2.27. The number of amides is 1. The van der Waals surface area contributed by atoms with Crippen molar-refractivity contribution in [3.8, 4) is 5.69 Å². The van der Waals surface area contributed by atoms with Crippen molar-refractivity contribution in [1.29, 1.82) is 0 Å². The molecule has 0 unspecified atom stereocenters. The van der Waals surface area contributed by atoms with Gasteiger partial charge in [-0.15, -0.1) is 5.10 Å². The molecule has 0 atom stereocenters. The van der Waals surface area contributed by atoms with Crippen LogP contribution in [0.5, 0.6) is 0 Å². The minimum Gasteiger partial charge on any atom is -0.355 e. The molecule has 146 valence electrons. The Kier molecular flexibility index (Phi) is 7.50. The van der Waals surface area contributed by atoms with Gasteiger partial charge in [-0.3, -0.25) is 4.79 Å². The Morgan fingerprint density at radius 2 is 1.96 bits per heavy atom. The summed E-state index contributed by atoms with van der Waals surface area (Å²) in [7, 11) is 0. The van der Waals surface area contributed by atoms with E-state index in [1.165, 1.54) is 22.9 Å². The average Bonchev–Trinajstić information content (AvgIpc) is 3.15. The predicted molar refractivity (Wildman–Crippen MR) is 115 cm³/mol. The van der Waals surface area contributed by atoms with Crippen molar-refractivity contribution in [3.05, 3.63) is 65.2 Å². The molecule has 6 nitrogen and oxygen atoms in total. The molecule has 0 bridgehead atoms. The molecule has 0 fully saturated rings. The minimum atomic E-state index is -0.0134. The van der Waals surface area contributed by atoms with Gasteiger partial charge in [0.2, 0.25) is 11.1 Å². The molecular formula is C20H23N5OS2. The molecule has 0 aliphatic heterocycles. The summed E-state index contributed by atoms with van der Waals surface area (Å²) in [6.45, 7) is 4.73. The second-order valence-corrected chi connectivity index (χ2v) is 8.39. The summed E-state index contributed by atoms with van der Waals surface area (Å²) in [5.41, 5.74) is 4.51. The number of hydrogen-bond donors (Lipinski definition) is 1. The van der Waals surface area contributed by atoms with Crippen molar-refractivity contribution in [2.45, 2.75) is 24.8 Å². The number of rotatable bonds is 9. The quantitative estimate of drug-likeness (QED) is 0.428. The fourth-order valence-electron chi connectivity index (χ4n) is 2.67. The maximum atomic E-state index is 12.1. The van der Waals surface area contributed by atoms with Crippen LogP contribution in [0.3, 0.4) is 0 Å². The van der Waals surface area contributed by atoms with Gasteiger partial charge >= 0.3 is 0 Å². The van der Waals surface area contributed by atoms with E-state index in [-0.39, 0.29) is 11.7 Å². The van der Waals surface area contributed by atoms with E-state index >= 15 is 0 Å². The van der Waals surface area contributed by atoms with E-state index in [1.807, 2.05) is 49.0 Å². The number of tetrazole rings is 1. The monoisotopic (exact) mass is 413 g/mol. The Balaban J connectivity index is 1.42. The van der Waals surface area contributed by atoms with Crippen molar-refractivity contribution in [1.82, 2.24) is 25.5 Å². The van der Waals surface area contributed by atoms with Crippen molar-refractivity contribution >= 4 is 29.4 Å². The van der Waals surface area contributed by atoms with E-state index in [0.29, 0.717) is 11.7 Å². The molecule has 2 aromatic carbocycles. The second-order valence-electron chi connectivity index (χ2n) is 6.34. The zero-order valence-corrected chi connectivity index (χ0v) is 17.6. The smallest absolute Gasteiger partial charge is 0.230 e.